The minimum atomic E-state index is -3.34. The van der Waals surface area contributed by atoms with Gasteiger partial charge >= 0.3 is 11.8 Å². The summed E-state index contributed by atoms with van der Waals surface area (Å²) in [6.45, 7) is 0.776. The summed E-state index contributed by atoms with van der Waals surface area (Å²) >= 11 is 7.17. The second-order valence-electron chi connectivity index (χ2n) is 8.14. The summed E-state index contributed by atoms with van der Waals surface area (Å²) in [5.74, 6) is -0.0216. The molecule has 0 atom stereocenters. The van der Waals surface area contributed by atoms with Gasteiger partial charge in [-0.2, -0.15) is 8.78 Å². The van der Waals surface area contributed by atoms with E-state index in [-0.39, 0.29) is 43.0 Å². The maximum absolute atomic E-state index is 13.4. The summed E-state index contributed by atoms with van der Waals surface area (Å²) in [6, 6.07) is 13.2. The highest BCUT2D eigenvalue weighted by atomic mass is 35.5. The van der Waals surface area contributed by atoms with Crippen LogP contribution < -0.4 is 16.0 Å². The van der Waals surface area contributed by atoms with Crippen LogP contribution in [0.5, 0.6) is 5.75 Å². The monoisotopic (exact) mass is 536 g/mol. The Kier molecular flexibility index (Phi) is 7.53. The Morgan fingerprint density at radius 3 is 2.53 bits per heavy atom. The van der Waals surface area contributed by atoms with Gasteiger partial charge in [0.25, 0.3) is 5.56 Å². The lowest BCUT2D eigenvalue weighted by Gasteiger charge is -2.14. The molecule has 0 bridgehead atoms. The number of alkyl halides is 2. The van der Waals surface area contributed by atoms with E-state index in [0.29, 0.717) is 22.0 Å². The zero-order valence-corrected chi connectivity index (χ0v) is 21.0. The van der Waals surface area contributed by atoms with Gasteiger partial charge in [-0.1, -0.05) is 41.6 Å². The highest BCUT2D eigenvalue weighted by Gasteiger charge is 2.24. The third-order valence-electron chi connectivity index (χ3n) is 5.30. The number of aryl methyl sites for hydroxylation is 1. The molecule has 36 heavy (non-hydrogen) atoms. The van der Waals surface area contributed by atoms with E-state index >= 15 is 0 Å². The SMILES string of the molecule is Cn1c(=O)n(CCCO)c(=O)c2c1nc(Sc1cccc(OC(C)(F)F)c1)n2Cc1ccc(Cl)cc1. The Labute approximate surface area is 213 Å². The second-order valence-corrected chi connectivity index (χ2v) is 9.62. The Hall–Kier alpha value is -3.15. The summed E-state index contributed by atoms with van der Waals surface area (Å²) in [5.41, 5.74) is 0.152. The standard InChI is InChI=1S/C24H23ClF2N4O4S/c1-24(26,27)35-17-5-3-6-18(13-17)36-22-28-20-19(31(22)14-15-7-9-16(25)10-8-15)21(33)30(11-4-12-32)23(34)29(20)2/h3,5-10,13,32H,4,11-12,14H2,1-2H3. The first-order valence-electron chi connectivity index (χ1n) is 11.0. The van der Waals surface area contributed by atoms with Crippen LogP contribution in [0, 0.1) is 0 Å². The van der Waals surface area contributed by atoms with Gasteiger partial charge in [0.1, 0.15) is 5.75 Å². The summed E-state index contributed by atoms with van der Waals surface area (Å²) in [7, 11) is 1.52. The number of nitrogens with zero attached hydrogens (tertiary/aromatic N) is 4. The van der Waals surface area contributed by atoms with Crippen molar-refractivity contribution >= 4 is 34.5 Å². The van der Waals surface area contributed by atoms with Crippen molar-refractivity contribution in [2.75, 3.05) is 6.61 Å². The van der Waals surface area contributed by atoms with Crippen molar-refractivity contribution in [1.82, 2.24) is 18.7 Å². The lowest BCUT2D eigenvalue weighted by atomic mass is 10.2. The minimum absolute atomic E-state index is 0.0216. The minimum Gasteiger partial charge on any atom is -0.433 e. The number of hydrogen-bond acceptors (Lipinski definition) is 6. The number of rotatable bonds is 9. The Morgan fingerprint density at radius 2 is 1.86 bits per heavy atom. The molecule has 12 heteroatoms. The maximum Gasteiger partial charge on any atom is 0.394 e. The number of ether oxygens (including phenoxy) is 1. The molecule has 4 aromatic rings. The van der Waals surface area contributed by atoms with Crippen molar-refractivity contribution in [2.45, 2.75) is 42.6 Å². The third kappa shape index (κ3) is 5.63. The molecule has 0 amide bonds. The number of imidazole rings is 1. The van der Waals surface area contributed by atoms with Crippen molar-refractivity contribution < 1.29 is 18.6 Å². The van der Waals surface area contributed by atoms with Crippen LogP contribution in [0.1, 0.15) is 18.9 Å². The molecule has 0 spiro atoms. The first-order valence-corrected chi connectivity index (χ1v) is 12.2. The van der Waals surface area contributed by atoms with Crippen LogP contribution in [-0.2, 0) is 20.1 Å². The maximum atomic E-state index is 13.4. The zero-order valence-electron chi connectivity index (χ0n) is 19.5. The van der Waals surface area contributed by atoms with Gasteiger partial charge in [-0.05, 0) is 42.3 Å². The predicted octanol–water partition coefficient (Wildman–Crippen LogP) is 4.12. The molecule has 4 rings (SSSR count). The van der Waals surface area contributed by atoms with Crippen LogP contribution in [-0.4, -0.2) is 36.5 Å². The van der Waals surface area contributed by atoms with Crippen LogP contribution in [0.3, 0.4) is 0 Å². The van der Waals surface area contributed by atoms with Gasteiger partial charge in [0.15, 0.2) is 16.3 Å². The topological polar surface area (TPSA) is 91.3 Å². The van der Waals surface area contributed by atoms with Crippen molar-refractivity contribution in [3.05, 3.63) is 80.0 Å². The molecule has 8 nitrogen and oxygen atoms in total. The molecule has 2 heterocycles. The summed E-state index contributed by atoms with van der Waals surface area (Å²) in [5, 5.41) is 10.2. The third-order valence-corrected chi connectivity index (χ3v) is 6.54. The number of aromatic nitrogens is 4. The van der Waals surface area contributed by atoms with E-state index in [4.69, 9.17) is 11.6 Å². The average molecular weight is 537 g/mol. The Balaban J connectivity index is 1.87. The molecule has 0 radical (unpaired) electrons. The number of fused-ring (bicyclic) bond motifs is 1. The molecule has 0 aliphatic heterocycles. The molecule has 0 unspecified atom stereocenters. The van der Waals surface area contributed by atoms with Gasteiger partial charge in [0.05, 0.1) is 6.54 Å². The molecule has 1 N–H and O–H groups in total. The molecule has 0 aliphatic carbocycles. The van der Waals surface area contributed by atoms with Crippen LogP contribution in [0.4, 0.5) is 8.78 Å². The van der Waals surface area contributed by atoms with Crippen molar-refractivity contribution in [1.29, 1.82) is 0 Å². The molecule has 0 fully saturated rings. The highest BCUT2D eigenvalue weighted by molar-refractivity contribution is 7.99. The summed E-state index contributed by atoms with van der Waals surface area (Å²) < 4.78 is 35.4. The molecule has 190 valence electrons. The van der Waals surface area contributed by atoms with E-state index in [1.165, 1.54) is 23.7 Å². The van der Waals surface area contributed by atoms with Gasteiger partial charge in [0.2, 0.25) is 0 Å². The molecule has 2 aromatic carbocycles. The fourth-order valence-electron chi connectivity index (χ4n) is 3.69. The highest BCUT2D eigenvalue weighted by Crippen LogP contribution is 2.33. The zero-order chi connectivity index (χ0) is 26.0. The van der Waals surface area contributed by atoms with E-state index in [1.54, 1.807) is 28.8 Å². The molecule has 0 aliphatic rings. The van der Waals surface area contributed by atoms with Gasteiger partial charge < -0.3 is 14.4 Å². The first kappa shape index (κ1) is 25.9. The van der Waals surface area contributed by atoms with Gasteiger partial charge in [0, 0.05) is 37.0 Å². The van der Waals surface area contributed by atoms with Gasteiger partial charge in [-0.3, -0.25) is 13.9 Å². The van der Waals surface area contributed by atoms with Crippen LogP contribution in [0.15, 0.2) is 68.2 Å². The second kappa shape index (κ2) is 10.5. The molecule has 2 aromatic heterocycles. The quantitative estimate of drug-likeness (QED) is 0.346. The predicted molar refractivity (Wildman–Crippen MR) is 133 cm³/mol. The molecule has 0 saturated carbocycles. The first-order chi connectivity index (χ1) is 17.1. The smallest absolute Gasteiger partial charge is 0.394 e. The molecular weight excluding hydrogens is 514 g/mol. The van der Waals surface area contributed by atoms with E-state index in [9.17, 15) is 23.5 Å². The lowest BCUT2D eigenvalue weighted by molar-refractivity contribution is -0.159. The summed E-state index contributed by atoms with van der Waals surface area (Å²) in [4.78, 5) is 31.4. The Morgan fingerprint density at radius 1 is 1.14 bits per heavy atom. The van der Waals surface area contributed by atoms with Gasteiger partial charge in [-0.15, -0.1) is 0 Å². The van der Waals surface area contributed by atoms with Gasteiger partial charge in [-0.25, -0.2) is 9.78 Å². The summed E-state index contributed by atoms with van der Waals surface area (Å²) in [6.07, 6.45) is -3.11. The lowest BCUT2D eigenvalue weighted by Crippen LogP contribution is -2.39. The molecule has 0 saturated heterocycles. The fraction of sp³-hybridized carbons (Fsp3) is 0.292. The fourth-order valence-corrected chi connectivity index (χ4v) is 4.74. The molecular formula is C24H23ClF2N4O4S. The largest absolute Gasteiger partial charge is 0.433 e. The number of aliphatic hydroxyl groups is 1. The Bertz CT molecular complexity index is 1510. The van der Waals surface area contributed by atoms with Crippen LogP contribution in [0.2, 0.25) is 5.02 Å². The van der Waals surface area contributed by atoms with Crippen LogP contribution in [0.25, 0.3) is 11.2 Å². The van der Waals surface area contributed by atoms with Crippen molar-refractivity contribution in [2.24, 2.45) is 7.05 Å². The van der Waals surface area contributed by atoms with Crippen molar-refractivity contribution in [3.8, 4) is 5.75 Å². The van der Waals surface area contributed by atoms with E-state index in [1.807, 2.05) is 12.1 Å². The van der Waals surface area contributed by atoms with Crippen molar-refractivity contribution in [3.63, 3.8) is 0 Å². The normalized spacial score (nSPS) is 11.8. The van der Waals surface area contributed by atoms with E-state index in [0.717, 1.165) is 21.9 Å². The number of aliphatic hydroxyl groups excluding tert-OH is 1. The van der Waals surface area contributed by atoms with E-state index in [2.05, 4.69) is 9.72 Å². The number of hydrogen-bond donors (Lipinski definition) is 1. The average Bonchev–Trinajstić information content (AvgIpc) is 3.16. The number of benzene rings is 2. The van der Waals surface area contributed by atoms with Crippen LogP contribution >= 0.6 is 23.4 Å². The number of halogens is 3. The van der Waals surface area contributed by atoms with E-state index < -0.39 is 17.4 Å².